The Labute approximate surface area is 93.8 Å². The third-order valence-corrected chi connectivity index (χ3v) is 2.24. The molecule has 0 heterocycles. The predicted octanol–water partition coefficient (Wildman–Crippen LogP) is 2.22. The van der Waals surface area contributed by atoms with Gasteiger partial charge in [0.1, 0.15) is 0 Å². The van der Waals surface area contributed by atoms with Crippen LogP contribution in [0.25, 0.3) is 0 Å². The first-order valence-corrected chi connectivity index (χ1v) is 4.86. The molecule has 16 heavy (non-hydrogen) atoms. The van der Waals surface area contributed by atoms with Crippen molar-refractivity contribution in [1.82, 2.24) is 0 Å². The Hall–Kier alpha value is -1.97. The zero-order valence-corrected chi connectivity index (χ0v) is 9.21. The standard InChI is InChI=1S/C12H13NO3/c1-10(14)5-6-11-4-3-8-12(2,9-7-11)13(15)16/h3-9H,1-2H3/b6-5+. The van der Waals surface area contributed by atoms with Gasteiger partial charge < -0.3 is 0 Å². The van der Waals surface area contributed by atoms with E-state index in [1.165, 1.54) is 32.1 Å². The molecule has 1 rings (SSSR count). The number of ketones is 1. The molecule has 0 amide bonds. The van der Waals surface area contributed by atoms with Crippen molar-refractivity contribution in [2.75, 3.05) is 0 Å². The smallest absolute Gasteiger partial charge is 0.256 e. The fraction of sp³-hybridized carbons (Fsp3) is 0.250. The van der Waals surface area contributed by atoms with E-state index in [1.807, 2.05) is 0 Å². The first kappa shape index (κ1) is 12.1. The van der Waals surface area contributed by atoms with Gasteiger partial charge in [-0.1, -0.05) is 24.3 Å². The molecule has 1 atom stereocenters. The van der Waals surface area contributed by atoms with Crippen molar-refractivity contribution in [3.63, 3.8) is 0 Å². The maximum Gasteiger partial charge on any atom is 0.256 e. The van der Waals surface area contributed by atoms with Gasteiger partial charge in [-0.3, -0.25) is 14.9 Å². The summed E-state index contributed by atoms with van der Waals surface area (Å²) in [6.07, 6.45) is 11.1. The van der Waals surface area contributed by atoms with Crippen LogP contribution in [-0.4, -0.2) is 16.2 Å². The van der Waals surface area contributed by atoms with Crippen LogP contribution in [0.3, 0.4) is 0 Å². The third kappa shape index (κ3) is 3.02. The SMILES string of the molecule is CC(=O)/C=C/C1=CC=CC(C)([N+](=O)[O-])C=C1. The van der Waals surface area contributed by atoms with Crippen molar-refractivity contribution in [2.45, 2.75) is 19.4 Å². The molecular formula is C12H13NO3. The van der Waals surface area contributed by atoms with E-state index in [4.69, 9.17) is 0 Å². The fourth-order valence-electron chi connectivity index (χ4n) is 1.18. The van der Waals surface area contributed by atoms with E-state index in [-0.39, 0.29) is 10.7 Å². The molecular weight excluding hydrogens is 206 g/mol. The van der Waals surface area contributed by atoms with E-state index in [0.717, 1.165) is 5.57 Å². The minimum Gasteiger partial charge on any atom is -0.295 e. The third-order valence-electron chi connectivity index (χ3n) is 2.24. The van der Waals surface area contributed by atoms with Crippen molar-refractivity contribution >= 4 is 5.78 Å². The molecule has 0 aliphatic heterocycles. The zero-order valence-electron chi connectivity index (χ0n) is 9.21. The average Bonchev–Trinajstić information content (AvgIpc) is 2.38. The van der Waals surface area contributed by atoms with Crippen LogP contribution in [-0.2, 0) is 4.79 Å². The Bertz CT molecular complexity index is 430. The normalized spacial score (nSPS) is 24.2. The predicted molar refractivity (Wildman–Crippen MR) is 61.6 cm³/mol. The summed E-state index contributed by atoms with van der Waals surface area (Å²) in [6.45, 7) is 2.97. The fourth-order valence-corrected chi connectivity index (χ4v) is 1.18. The van der Waals surface area contributed by atoms with Crippen LogP contribution in [0.15, 0.2) is 48.1 Å². The summed E-state index contributed by atoms with van der Waals surface area (Å²) < 4.78 is 0. The minimum absolute atomic E-state index is 0.0560. The van der Waals surface area contributed by atoms with E-state index in [2.05, 4.69) is 0 Å². The van der Waals surface area contributed by atoms with Gasteiger partial charge in [-0.05, 0) is 30.7 Å². The largest absolute Gasteiger partial charge is 0.295 e. The molecule has 1 aliphatic carbocycles. The van der Waals surface area contributed by atoms with Crippen LogP contribution in [0.4, 0.5) is 0 Å². The second-order valence-electron chi connectivity index (χ2n) is 3.79. The molecule has 0 aromatic carbocycles. The highest BCUT2D eigenvalue weighted by Crippen LogP contribution is 2.18. The molecule has 84 valence electrons. The highest BCUT2D eigenvalue weighted by atomic mass is 16.6. The molecule has 0 radical (unpaired) electrons. The lowest BCUT2D eigenvalue weighted by Crippen LogP contribution is -2.29. The van der Waals surface area contributed by atoms with Crippen molar-refractivity contribution in [3.8, 4) is 0 Å². The molecule has 0 spiro atoms. The van der Waals surface area contributed by atoms with E-state index >= 15 is 0 Å². The maximum atomic E-state index is 10.8. The summed E-state index contributed by atoms with van der Waals surface area (Å²) in [6, 6.07) is 0. The number of nitro groups is 1. The summed E-state index contributed by atoms with van der Waals surface area (Å²) in [5.74, 6) is -0.0560. The number of carbonyl (C=O) groups excluding carboxylic acids is 1. The van der Waals surface area contributed by atoms with Crippen LogP contribution in [0.1, 0.15) is 13.8 Å². The van der Waals surface area contributed by atoms with Gasteiger partial charge in [0.2, 0.25) is 0 Å². The molecule has 0 aromatic heterocycles. The quantitative estimate of drug-likeness (QED) is 0.415. The van der Waals surface area contributed by atoms with Crippen molar-refractivity contribution in [3.05, 3.63) is 58.2 Å². The monoisotopic (exact) mass is 219 g/mol. The summed E-state index contributed by atoms with van der Waals surface area (Å²) in [5.41, 5.74) is -0.417. The Kier molecular flexibility index (Phi) is 3.55. The second kappa shape index (κ2) is 4.70. The molecule has 4 nitrogen and oxygen atoms in total. The Morgan fingerprint density at radius 2 is 2.19 bits per heavy atom. The number of carbonyl (C=O) groups is 1. The summed E-state index contributed by atoms with van der Waals surface area (Å²) in [5, 5.41) is 10.8. The molecule has 0 saturated heterocycles. The van der Waals surface area contributed by atoms with Gasteiger partial charge in [0.05, 0.1) is 0 Å². The van der Waals surface area contributed by atoms with Crippen molar-refractivity contribution in [1.29, 1.82) is 0 Å². The molecule has 1 unspecified atom stereocenters. The average molecular weight is 219 g/mol. The van der Waals surface area contributed by atoms with Crippen molar-refractivity contribution in [2.24, 2.45) is 0 Å². The van der Waals surface area contributed by atoms with Gasteiger partial charge in [-0.2, -0.15) is 0 Å². The number of hydrogen-bond acceptors (Lipinski definition) is 3. The van der Waals surface area contributed by atoms with Crippen LogP contribution >= 0.6 is 0 Å². The summed E-state index contributed by atoms with van der Waals surface area (Å²) in [7, 11) is 0. The lowest BCUT2D eigenvalue weighted by atomic mass is 10.0. The maximum absolute atomic E-state index is 10.8. The molecule has 0 saturated carbocycles. The van der Waals surface area contributed by atoms with Gasteiger partial charge in [-0.25, -0.2) is 0 Å². The number of nitrogens with zero attached hydrogens (tertiary/aromatic N) is 1. The summed E-state index contributed by atoms with van der Waals surface area (Å²) >= 11 is 0. The number of rotatable bonds is 3. The van der Waals surface area contributed by atoms with E-state index in [9.17, 15) is 14.9 Å². The zero-order chi connectivity index (χ0) is 12.2. The van der Waals surface area contributed by atoms with Gasteiger partial charge in [0.25, 0.3) is 5.54 Å². The lowest BCUT2D eigenvalue weighted by Gasteiger charge is -2.10. The molecule has 0 aromatic rings. The van der Waals surface area contributed by atoms with Gasteiger partial charge in [0, 0.05) is 11.8 Å². The number of allylic oxidation sites excluding steroid dienone is 6. The van der Waals surface area contributed by atoms with Crippen LogP contribution in [0.5, 0.6) is 0 Å². The van der Waals surface area contributed by atoms with Crippen LogP contribution < -0.4 is 0 Å². The van der Waals surface area contributed by atoms with Crippen molar-refractivity contribution < 1.29 is 9.72 Å². The highest BCUT2D eigenvalue weighted by molar-refractivity contribution is 5.87. The first-order chi connectivity index (χ1) is 7.44. The van der Waals surface area contributed by atoms with Gasteiger partial charge >= 0.3 is 0 Å². The second-order valence-corrected chi connectivity index (χ2v) is 3.79. The Morgan fingerprint density at radius 1 is 1.50 bits per heavy atom. The van der Waals surface area contributed by atoms with Crippen LogP contribution in [0.2, 0.25) is 0 Å². The molecule has 0 fully saturated rings. The van der Waals surface area contributed by atoms with Crippen LogP contribution in [0, 0.1) is 10.1 Å². The Balaban J connectivity index is 2.91. The Morgan fingerprint density at radius 3 is 2.75 bits per heavy atom. The topological polar surface area (TPSA) is 60.2 Å². The molecule has 4 heteroatoms. The molecule has 1 aliphatic rings. The molecule has 0 bridgehead atoms. The van der Waals surface area contributed by atoms with Gasteiger partial charge in [-0.15, -0.1) is 0 Å². The molecule has 0 N–H and O–H groups in total. The highest BCUT2D eigenvalue weighted by Gasteiger charge is 2.30. The van der Waals surface area contributed by atoms with E-state index in [0.29, 0.717) is 0 Å². The lowest BCUT2D eigenvalue weighted by molar-refractivity contribution is -0.535. The van der Waals surface area contributed by atoms with E-state index < -0.39 is 5.54 Å². The minimum atomic E-state index is -1.18. The number of hydrogen-bond donors (Lipinski definition) is 0. The van der Waals surface area contributed by atoms with Gasteiger partial charge in [0.15, 0.2) is 5.78 Å². The summed E-state index contributed by atoms with van der Waals surface area (Å²) in [4.78, 5) is 21.2. The van der Waals surface area contributed by atoms with E-state index in [1.54, 1.807) is 24.3 Å². The first-order valence-electron chi connectivity index (χ1n) is 4.86.